The summed E-state index contributed by atoms with van der Waals surface area (Å²) in [7, 11) is 0. The minimum atomic E-state index is -4.53. The number of aromatic nitrogens is 1. The summed E-state index contributed by atoms with van der Waals surface area (Å²) in [5.74, 6) is 0. The van der Waals surface area contributed by atoms with Gasteiger partial charge in [-0.1, -0.05) is 60.2 Å². The van der Waals surface area contributed by atoms with Crippen molar-refractivity contribution < 1.29 is 13.2 Å². The number of nitrogens with two attached hydrogens (primary N) is 1. The molecule has 0 aliphatic carbocycles. The van der Waals surface area contributed by atoms with E-state index in [0.29, 0.717) is 22.3 Å². The van der Waals surface area contributed by atoms with Gasteiger partial charge in [-0.3, -0.25) is 0 Å². The molecule has 1 heterocycles. The molecule has 0 radical (unpaired) electrons. The first-order chi connectivity index (χ1) is 11.9. The number of rotatable bonds is 3. The van der Waals surface area contributed by atoms with Crippen molar-refractivity contribution in [1.82, 2.24) is 4.98 Å². The molecule has 3 rings (SSSR count). The van der Waals surface area contributed by atoms with Gasteiger partial charge in [0.25, 0.3) is 0 Å². The molecule has 0 bridgehead atoms. The third-order valence-electron chi connectivity index (χ3n) is 4.03. The van der Waals surface area contributed by atoms with Crippen molar-refractivity contribution >= 4 is 0 Å². The molecule has 0 saturated heterocycles. The number of aryl methyl sites for hydroxylation is 1. The lowest BCUT2D eigenvalue weighted by molar-refractivity contribution is -0.141. The molecule has 0 aliphatic rings. The summed E-state index contributed by atoms with van der Waals surface area (Å²) in [5.41, 5.74) is 8.65. The molecule has 2 aromatic carbocycles. The molecule has 0 spiro atoms. The molecule has 0 unspecified atom stereocenters. The first-order valence-corrected chi connectivity index (χ1v) is 7.84. The number of alkyl halides is 3. The van der Waals surface area contributed by atoms with Crippen LogP contribution in [0.25, 0.3) is 22.4 Å². The molecule has 1 aromatic heterocycles. The predicted octanol–water partition coefficient (Wildman–Crippen LogP) is 5.20. The van der Waals surface area contributed by atoms with Gasteiger partial charge in [-0.05, 0) is 29.7 Å². The van der Waals surface area contributed by atoms with E-state index in [4.69, 9.17) is 5.73 Å². The van der Waals surface area contributed by atoms with Crippen molar-refractivity contribution in [2.45, 2.75) is 19.6 Å². The number of hydrogen-bond donors (Lipinski definition) is 1. The molecule has 0 fully saturated rings. The van der Waals surface area contributed by atoms with Gasteiger partial charge < -0.3 is 5.73 Å². The molecule has 5 heteroatoms. The van der Waals surface area contributed by atoms with E-state index in [9.17, 15) is 13.2 Å². The first kappa shape index (κ1) is 17.2. The van der Waals surface area contributed by atoms with E-state index in [0.717, 1.165) is 11.6 Å². The standard InChI is InChI=1S/C20H17F3N2/c1-13-7-9-14(10-8-13)16-11-18(20(21,22)23)25-19(17(16)12-24)15-5-3-2-4-6-15/h2-11H,12,24H2,1H3. The highest BCUT2D eigenvalue weighted by Crippen LogP contribution is 2.37. The number of benzene rings is 2. The van der Waals surface area contributed by atoms with E-state index >= 15 is 0 Å². The van der Waals surface area contributed by atoms with Gasteiger partial charge in [0.1, 0.15) is 5.69 Å². The number of halogens is 3. The van der Waals surface area contributed by atoms with Crippen molar-refractivity contribution in [1.29, 1.82) is 0 Å². The molecular formula is C20H17F3N2. The highest BCUT2D eigenvalue weighted by molar-refractivity contribution is 5.77. The van der Waals surface area contributed by atoms with Crippen LogP contribution in [0.2, 0.25) is 0 Å². The molecule has 128 valence electrons. The van der Waals surface area contributed by atoms with Gasteiger partial charge in [0.05, 0.1) is 5.69 Å². The summed E-state index contributed by atoms with van der Waals surface area (Å²) in [6.45, 7) is 2.02. The number of nitrogens with zero attached hydrogens (tertiary/aromatic N) is 1. The zero-order valence-corrected chi connectivity index (χ0v) is 13.6. The van der Waals surface area contributed by atoms with Crippen LogP contribution in [0.15, 0.2) is 60.7 Å². The van der Waals surface area contributed by atoms with Crippen LogP contribution in [0.5, 0.6) is 0 Å². The maximum absolute atomic E-state index is 13.4. The minimum Gasteiger partial charge on any atom is -0.326 e. The summed E-state index contributed by atoms with van der Waals surface area (Å²) in [6.07, 6.45) is -4.53. The van der Waals surface area contributed by atoms with Crippen LogP contribution in [-0.4, -0.2) is 4.98 Å². The van der Waals surface area contributed by atoms with Gasteiger partial charge in [0.15, 0.2) is 0 Å². The molecule has 0 amide bonds. The molecular weight excluding hydrogens is 325 g/mol. The van der Waals surface area contributed by atoms with E-state index in [1.165, 1.54) is 0 Å². The van der Waals surface area contributed by atoms with E-state index in [2.05, 4.69) is 4.98 Å². The summed E-state index contributed by atoms with van der Waals surface area (Å²) < 4.78 is 40.2. The third kappa shape index (κ3) is 3.56. The fourth-order valence-electron chi connectivity index (χ4n) is 2.75. The van der Waals surface area contributed by atoms with E-state index in [1.807, 2.05) is 19.1 Å². The van der Waals surface area contributed by atoms with Crippen molar-refractivity contribution in [2.24, 2.45) is 5.73 Å². The lowest BCUT2D eigenvalue weighted by Gasteiger charge is -2.17. The van der Waals surface area contributed by atoms with Crippen molar-refractivity contribution in [2.75, 3.05) is 0 Å². The Morgan fingerprint density at radius 1 is 0.920 bits per heavy atom. The van der Waals surface area contributed by atoms with E-state index in [-0.39, 0.29) is 12.2 Å². The Hall–Kier alpha value is -2.66. The Labute approximate surface area is 144 Å². The highest BCUT2D eigenvalue weighted by Gasteiger charge is 2.34. The van der Waals surface area contributed by atoms with Gasteiger partial charge in [-0.25, -0.2) is 4.98 Å². The Balaban J connectivity index is 2.31. The van der Waals surface area contributed by atoms with Gasteiger partial charge in [0, 0.05) is 12.1 Å². The Kier molecular flexibility index (Phi) is 4.59. The molecule has 0 saturated carbocycles. The lowest BCUT2D eigenvalue weighted by atomic mass is 9.94. The summed E-state index contributed by atoms with van der Waals surface area (Å²) in [5, 5.41) is 0. The average molecular weight is 342 g/mol. The smallest absolute Gasteiger partial charge is 0.326 e. The Morgan fingerprint density at radius 3 is 2.12 bits per heavy atom. The van der Waals surface area contributed by atoms with Crippen LogP contribution in [0, 0.1) is 6.92 Å². The number of hydrogen-bond acceptors (Lipinski definition) is 2. The van der Waals surface area contributed by atoms with Crippen molar-refractivity contribution in [3.63, 3.8) is 0 Å². The van der Waals surface area contributed by atoms with Crippen LogP contribution in [-0.2, 0) is 12.7 Å². The van der Waals surface area contributed by atoms with Crippen LogP contribution < -0.4 is 5.73 Å². The molecule has 3 aromatic rings. The topological polar surface area (TPSA) is 38.9 Å². The first-order valence-electron chi connectivity index (χ1n) is 7.84. The predicted molar refractivity (Wildman–Crippen MR) is 92.7 cm³/mol. The quantitative estimate of drug-likeness (QED) is 0.710. The second-order valence-corrected chi connectivity index (χ2v) is 5.82. The SMILES string of the molecule is Cc1ccc(-c2cc(C(F)(F)F)nc(-c3ccccc3)c2CN)cc1. The normalized spacial score (nSPS) is 11.6. The molecule has 2 nitrogen and oxygen atoms in total. The van der Waals surface area contributed by atoms with Crippen LogP contribution in [0.4, 0.5) is 13.2 Å². The highest BCUT2D eigenvalue weighted by atomic mass is 19.4. The monoisotopic (exact) mass is 342 g/mol. The second-order valence-electron chi connectivity index (χ2n) is 5.82. The van der Waals surface area contributed by atoms with Crippen molar-refractivity contribution in [3.8, 4) is 22.4 Å². The molecule has 2 N–H and O–H groups in total. The van der Waals surface area contributed by atoms with Crippen LogP contribution >= 0.6 is 0 Å². The van der Waals surface area contributed by atoms with E-state index < -0.39 is 11.9 Å². The van der Waals surface area contributed by atoms with Gasteiger partial charge >= 0.3 is 6.18 Å². The fraction of sp³-hybridized carbons (Fsp3) is 0.150. The number of pyridine rings is 1. The van der Waals surface area contributed by atoms with Crippen LogP contribution in [0.1, 0.15) is 16.8 Å². The molecule has 0 aliphatic heterocycles. The fourth-order valence-corrected chi connectivity index (χ4v) is 2.75. The van der Waals surface area contributed by atoms with E-state index in [1.54, 1.807) is 42.5 Å². The minimum absolute atomic E-state index is 0.0958. The lowest BCUT2D eigenvalue weighted by Crippen LogP contribution is -2.12. The largest absolute Gasteiger partial charge is 0.433 e. The Morgan fingerprint density at radius 2 is 1.56 bits per heavy atom. The molecule has 0 atom stereocenters. The van der Waals surface area contributed by atoms with Crippen LogP contribution in [0.3, 0.4) is 0 Å². The zero-order valence-electron chi connectivity index (χ0n) is 13.6. The molecule has 25 heavy (non-hydrogen) atoms. The zero-order chi connectivity index (χ0) is 18.0. The maximum Gasteiger partial charge on any atom is 0.433 e. The summed E-state index contributed by atoms with van der Waals surface area (Å²) in [6, 6.07) is 17.2. The van der Waals surface area contributed by atoms with Crippen molar-refractivity contribution in [3.05, 3.63) is 77.5 Å². The van der Waals surface area contributed by atoms with Gasteiger partial charge in [-0.2, -0.15) is 13.2 Å². The van der Waals surface area contributed by atoms with Gasteiger partial charge in [0.2, 0.25) is 0 Å². The maximum atomic E-state index is 13.4. The summed E-state index contributed by atoms with van der Waals surface area (Å²) in [4.78, 5) is 3.88. The Bertz CT molecular complexity index is 870. The second kappa shape index (κ2) is 6.69. The summed E-state index contributed by atoms with van der Waals surface area (Å²) >= 11 is 0. The van der Waals surface area contributed by atoms with Gasteiger partial charge in [-0.15, -0.1) is 0 Å². The average Bonchev–Trinajstić information content (AvgIpc) is 2.61. The third-order valence-corrected chi connectivity index (χ3v) is 4.03.